The number of rotatable bonds is 6. The molecule has 7 heteroatoms. The summed E-state index contributed by atoms with van der Waals surface area (Å²) in [6.45, 7) is 0.580. The van der Waals surface area contributed by atoms with E-state index in [1.807, 2.05) is 24.3 Å². The summed E-state index contributed by atoms with van der Waals surface area (Å²) >= 11 is 1.58. The molecule has 5 nitrogen and oxygen atoms in total. The minimum atomic E-state index is -0.248. The normalized spacial score (nSPS) is 10.8. The monoisotopic (exact) mass is 395 g/mol. The standard InChI is InChI=1S/C21H18FN3O2S/c1-26-17-8-3-13(9-18(17)27-2)11-23-21-20-16(24-12-25-21)10-19(28-20)14-4-6-15(22)7-5-14/h3-10,12H,11H2,1-2H3,(H,23,24,25). The molecule has 4 aromatic rings. The molecule has 4 rings (SSSR count). The third kappa shape index (κ3) is 3.61. The number of thiophene rings is 1. The molecule has 0 bridgehead atoms. The van der Waals surface area contributed by atoms with Crippen LogP contribution in [0.5, 0.6) is 11.5 Å². The summed E-state index contributed by atoms with van der Waals surface area (Å²) in [5, 5.41) is 3.37. The van der Waals surface area contributed by atoms with Crippen molar-refractivity contribution in [1.82, 2.24) is 9.97 Å². The average Bonchev–Trinajstić information content (AvgIpc) is 3.17. The Morgan fingerprint density at radius 2 is 1.75 bits per heavy atom. The number of hydrogen-bond acceptors (Lipinski definition) is 6. The van der Waals surface area contributed by atoms with E-state index < -0.39 is 0 Å². The number of anilines is 1. The summed E-state index contributed by atoms with van der Waals surface area (Å²) in [4.78, 5) is 9.77. The molecule has 0 spiro atoms. The molecular formula is C21H18FN3O2S. The van der Waals surface area contributed by atoms with Crippen molar-refractivity contribution in [2.45, 2.75) is 6.54 Å². The summed E-state index contributed by atoms with van der Waals surface area (Å²) < 4.78 is 24.8. The van der Waals surface area contributed by atoms with Crippen LogP contribution in [0.15, 0.2) is 54.9 Å². The Hall–Kier alpha value is -3.19. The molecule has 0 amide bonds. The molecule has 0 aliphatic heterocycles. The maximum atomic E-state index is 13.2. The van der Waals surface area contributed by atoms with Gasteiger partial charge in [-0.25, -0.2) is 14.4 Å². The zero-order valence-corrected chi connectivity index (χ0v) is 16.2. The van der Waals surface area contributed by atoms with Crippen LogP contribution in [0, 0.1) is 5.82 Å². The van der Waals surface area contributed by atoms with Crippen molar-refractivity contribution in [3.8, 4) is 21.9 Å². The van der Waals surface area contributed by atoms with Crippen LogP contribution < -0.4 is 14.8 Å². The maximum absolute atomic E-state index is 13.2. The molecule has 0 saturated heterocycles. The highest BCUT2D eigenvalue weighted by Gasteiger charge is 2.11. The SMILES string of the molecule is COc1ccc(CNc2ncnc3cc(-c4ccc(F)cc4)sc23)cc1OC. The summed E-state index contributed by atoms with van der Waals surface area (Å²) in [6.07, 6.45) is 1.54. The lowest BCUT2D eigenvalue weighted by Crippen LogP contribution is -2.02. The number of nitrogens with one attached hydrogen (secondary N) is 1. The van der Waals surface area contributed by atoms with Gasteiger partial charge in [0, 0.05) is 11.4 Å². The minimum Gasteiger partial charge on any atom is -0.493 e. The molecule has 0 aliphatic carbocycles. The molecule has 0 radical (unpaired) electrons. The number of nitrogens with zero attached hydrogens (tertiary/aromatic N) is 2. The number of benzene rings is 2. The highest BCUT2D eigenvalue weighted by Crippen LogP contribution is 2.36. The van der Waals surface area contributed by atoms with Crippen molar-refractivity contribution in [3.05, 3.63) is 66.2 Å². The first kappa shape index (κ1) is 18.2. The Morgan fingerprint density at radius 1 is 0.964 bits per heavy atom. The predicted octanol–water partition coefficient (Wildman–Crippen LogP) is 5.13. The third-order valence-corrected chi connectivity index (χ3v) is 5.53. The van der Waals surface area contributed by atoms with Crippen molar-refractivity contribution in [3.63, 3.8) is 0 Å². The van der Waals surface area contributed by atoms with E-state index in [1.54, 1.807) is 44.0 Å². The van der Waals surface area contributed by atoms with Crippen molar-refractivity contribution < 1.29 is 13.9 Å². The Morgan fingerprint density at radius 3 is 2.50 bits per heavy atom. The van der Waals surface area contributed by atoms with E-state index in [9.17, 15) is 4.39 Å². The van der Waals surface area contributed by atoms with Crippen LogP contribution in [0.4, 0.5) is 10.2 Å². The smallest absolute Gasteiger partial charge is 0.161 e. The van der Waals surface area contributed by atoms with E-state index in [-0.39, 0.29) is 5.82 Å². The largest absolute Gasteiger partial charge is 0.493 e. The quantitative estimate of drug-likeness (QED) is 0.491. The zero-order chi connectivity index (χ0) is 19.5. The van der Waals surface area contributed by atoms with Crippen LogP contribution in [0.1, 0.15) is 5.56 Å². The van der Waals surface area contributed by atoms with Crippen molar-refractivity contribution in [2.24, 2.45) is 0 Å². The zero-order valence-electron chi connectivity index (χ0n) is 15.4. The Bertz CT molecular complexity index is 1110. The second-order valence-electron chi connectivity index (χ2n) is 6.10. The fourth-order valence-electron chi connectivity index (χ4n) is 2.91. The van der Waals surface area contributed by atoms with Gasteiger partial charge in [0.05, 0.1) is 24.4 Å². The lowest BCUT2D eigenvalue weighted by Gasteiger charge is -2.10. The topological polar surface area (TPSA) is 56.3 Å². The maximum Gasteiger partial charge on any atom is 0.161 e. The van der Waals surface area contributed by atoms with Gasteiger partial charge in [0.15, 0.2) is 11.5 Å². The van der Waals surface area contributed by atoms with Gasteiger partial charge in [0.25, 0.3) is 0 Å². The highest BCUT2D eigenvalue weighted by molar-refractivity contribution is 7.22. The Labute approximate surface area is 165 Å². The molecule has 0 atom stereocenters. The van der Waals surface area contributed by atoms with E-state index in [4.69, 9.17) is 9.47 Å². The van der Waals surface area contributed by atoms with Gasteiger partial charge in [-0.2, -0.15) is 0 Å². The second kappa shape index (κ2) is 7.82. The first-order valence-electron chi connectivity index (χ1n) is 8.63. The van der Waals surface area contributed by atoms with Crippen LogP contribution in [0.25, 0.3) is 20.7 Å². The number of methoxy groups -OCH3 is 2. The van der Waals surface area contributed by atoms with Gasteiger partial charge >= 0.3 is 0 Å². The Balaban J connectivity index is 1.60. The molecule has 0 fully saturated rings. The van der Waals surface area contributed by atoms with Crippen molar-refractivity contribution >= 4 is 27.4 Å². The molecule has 2 heterocycles. The molecule has 142 valence electrons. The minimum absolute atomic E-state index is 0.248. The van der Waals surface area contributed by atoms with Crippen LogP contribution in [-0.4, -0.2) is 24.2 Å². The van der Waals surface area contributed by atoms with Gasteiger partial charge in [-0.15, -0.1) is 11.3 Å². The summed E-state index contributed by atoms with van der Waals surface area (Å²) in [7, 11) is 3.23. The van der Waals surface area contributed by atoms with Crippen LogP contribution in [0.2, 0.25) is 0 Å². The van der Waals surface area contributed by atoms with Gasteiger partial charge < -0.3 is 14.8 Å². The van der Waals surface area contributed by atoms with Crippen LogP contribution >= 0.6 is 11.3 Å². The fourth-order valence-corrected chi connectivity index (χ4v) is 4.00. The van der Waals surface area contributed by atoms with E-state index in [0.29, 0.717) is 18.0 Å². The number of ether oxygens (including phenoxy) is 2. The first-order chi connectivity index (χ1) is 13.7. The van der Waals surface area contributed by atoms with E-state index in [2.05, 4.69) is 15.3 Å². The Kier molecular flexibility index (Phi) is 5.08. The molecule has 2 aromatic heterocycles. The molecule has 0 unspecified atom stereocenters. The van der Waals surface area contributed by atoms with Gasteiger partial charge in [-0.3, -0.25) is 0 Å². The van der Waals surface area contributed by atoms with Gasteiger partial charge in [-0.05, 0) is 41.5 Å². The molecule has 28 heavy (non-hydrogen) atoms. The molecule has 1 N–H and O–H groups in total. The fraction of sp³-hybridized carbons (Fsp3) is 0.143. The number of halogens is 1. The van der Waals surface area contributed by atoms with Gasteiger partial charge in [0.2, 0.25) is 0 Å². The summed E-state index contributed by atoms with van der Waals surface area (Å²) in [6, 6.07) is 14.2. The molecule has 0 saturated carbocycles. The predicted molar refractivity (Wildman–Crippen MR) is 110 cm³/mol. The average molecular weight is 395 g/mol. The summed E-state index contributed by atoms with van der Waals surface area (Å²) in [5.74, 6) is 1.89. The second-order valence-corrected chi connectivity index (χ2v) is 7.15. The van der Waals surface area contributed by atoms with Gasteiger partial charge in [-0.1, -0.05) is 18.2 Å². The third-order valence-electron chi connectivity index (χ3n) is 4.35. The van der Waals surface area contributed by atoms with E-state index in [0.717, 1.165) is 32.0 Å². The van der Waals surface area contributed by atoms with Crippen LogP contribution in [-0.2, 0) is 6.54 Å². The van der Waals surface area contributed by atoms with Crippen molar-refractivity contribution in [2.75, 3.05) is 19.5 Å². The number of aromatic nitrogens is 2. The molecule has 0 aliphatic rings. The number of hydrogen-bond donors (Lipinski definition) is 1. The van der Waals surface area contributed by atoms with Gasteiger partial charge in [0.1, 0.15) is 18.0 Å². The highest BCUT2D eigenvalue weighted by atomic mass is 32.1. The lowest BCUT2D eigenvalue weighted by atomic mass is 10.2. The lowest BCUT2D eigenvalue weighted by molar-refractivity contribution is 0.354. The van der Waals surface area contributed by atoms with E-state index >= 15 is 0 Å². The first-order valence-corrected chi connectivity index (χ1v) is 9.45. The number of fused-ring (bicyclic) bond motifs is 1. The van der Waals surface area contributed by atoms with E-state index in [1.165, 1.54) is 12.1 Å². The van der Waals surface area contributed by atoms with Crippen molar-refractivity contribution in [1.29, 1.82) is 0 Å². The van der Waals surface area contributed by atoms with Crippen LogP contribution in [0.3, 0.4) is 0 Å². The summed E-state index contributed by atoms with van der Waals surface area (Å²) in [5.41, 5.74) is 2.85. The molecule has 2 aromatic carbocycles. The molecular weight excluding hydrogens is 377 g/mol.